The Balaban J connectivity index is 1.51. The molecule has 0 bridgehead atoms. The number of benzene rings is 2. The van der Waals surface area contributed by atoms with Crippen molar-refractivity contribution < 1.29 is 9.59 Å². The van der Waals surface area contributed by atoms with Crippen molar-refractivity contribution >= 4 is 17.5 Å². The van der Waals surface area contributed by atoms with Crippen molar-refractivity contribution in [3.05, 3.63) is 65.7 Å². The van der Waals surface area contributed by atoms with Crippen molar-refractivity contribution in [1.29, 1.82) is 0 Å². The van der Waals surface area contributed by atoms with Gasteiger partial charge >= 0.3 is 0 Å². The molecule has 0 spiro atoms. The number of hydrogen-bond donors (Lipinski definition) is 2. The summed E-state index contributed by atoms with van der Waals surface area (Å²) < 4.78 is 0. The summed E-state index contributed by atoms with van der Waals surface area (Å²) in [5.74, 6) is -0.476. The Hall–Kier alpha value is -2.66. The van der Waals surface area contributed by atoms with Crippen molar-refractivity contribution in [3.8, 4) is 0 Å². The first-order valence-electron chi connectivity index (χ1n) is 8.59. The van der Waals surface area contributed by atoms with Crippen molar-refractivity contribution in [2.24, 2.45) is 11.7 Å². The number of nitrogens with one attached hydrogen (secondary N) is 1. The smallest absolute Gasteiger partial charge is 0.248 e. The molecular formula is C20H23N3O2. The number of rotatable bonds is 5. The van der Waals surface area contributed by atoms with Crippen LogP contribution in [0.2, 0.25) is 0 Å². The van der Waals surface area contributed by atoms with Gasteiger partial charge in [-0.1, -0.05) is 36.4 Å². The fourth-order valence-electron chi connectivity index (χ4n) is 3.19. The standard InChI is InChI=1S/C20H23N3O2/c21-19(24)17-7-4-8-18(13-17)22-20(25)16-9-11-23(12-10-16)14-15-5-2-1-3-6-15/h1-8,13,16H,9-12,14H2,(H2,21,24)(H,22,25). The first-order chi connectivity index (χ1) is 12.1. The summed E-state index contributed by atoms with van der Waals surface area (Å²) in [5, 5.41) is 2.91. The zero-order chi connectivity index (χ0) is 17.6. The molecule has 0 radical (unpaired) electrons. The SMILES string of the molecule is NC(=O)c1cccc(NC(=O)C2CCN(Cc3ccccc3)CC2)c1. The van der Waals surface area contributed by atoms with Gasteiger partial charge in [-0.2, -0.15) is 0 Å². The third kappa shape index (κ3) is 4.67. The highest BCUT2D eigenvalue weighted by molar-refractivity contribution is 5.96. The highest BCUT2D eigenvalue weighted by atomic mass is 16.2. The van der Waals surface area contributed by atoms with Gasteiger partial charge in [-0.3, -0.25) is 14.5 Å². The van der Waals surface area contributed by atoms with E-state index < -0.39 is 5.91 Å². The molecule has 5 nitrogen and oxygen atoms in total. The molecule has 1 aliphatic heterocycles. The molecule has 5 heteroatoms. The Labute approximate surface area is 147 Å². The molecule has 1 heterocycles. The summed E-state index contributed by atoms with van der Waals surface area (Å²) >= 11 is 0. The summed E-state index contributed by atoms with van der Waals surface area (Å²) in [6.07, 6.45) is 1.68. The van der Waals surface area contributed by atoms with Crippen LogP contribution in [0.25, 0.3) is 0 Å². The molecule has 2 aromatic carbocycles. The molecule has 2 aromatic rings. The second-order valence-corrected chi connectivity index (χ2v) is 6.47. The predicted octanol–water partition coefficient (Wildman–Crippen LogP) is 2.64. The minimum Gasteiger partial charge on any atom is -0.366 e. The first kappa shape index (κ1) is 17.2. The first-order valence-corrected chi connectivity index (χ1v) is 8.59. The number of hydrogen-bond acceptors (Lipinski definition) is 3. The molecule has 0 aliphatic carbocycles. The fourth-order valence-corrected chi connectivity index (χ4v) is 3.19. The van der Waals surface area contributed by atoms with E-state index in [4.69, 9.17) is 5.73 Å². The second-order valence-electron chi connectivity index (χ2n) is 6.47. The molecule has 3 rings (SSSR count). The fraction of sp³-hybridized carbons (Fsp3) is 0.300. The van der Waals surface area contributed by atoms with Crippen LogP contribution in [0.15, 0.2) is 54.6 Å². The van der Waals surface area contributed by atoms with Gasteiger partial charge in [0, 0.05) is 23.7 Å². The van der Waals surface area contributed by atoms with Gasteiger partial charge in [0.05, 0.1) is 0 Å². The summed E-state index contributed by atoms with van der Waals surface area (Å²) in [7, 11) is 0. The molecule has 1 saturated heterocycles. The van der Waals surface area contributed by atoms with E-state index in [-0.39, 0.29) is 11.8 Å². The molecule has 2 amide bonds. The van der Waals surface area contributed by atoms with Crippen molar-refractivity contribution in [1.82, 2.24) is 4.90 Å². The van der Waals surface area contributed by atoms with Gasteiger partial charge in [-0.25, -0.2) is 0 Å². The maximum absolute atomic E-state index is 12.5. The number of nitrogens with two attached hydrogens (primary N) is 1. The van der Waals surface area contributed by atoms with E-state index in [1.807, 2.05) is 6.07 Å². The molecular weight excluding hydrogens is 314 g/mol. The highest BCUT2D eigenvalue weighted by Crippen LogP contribution is 2.21. The van der Waals surface area contributed by atoms with Gasteiger partial charge in [-0.05, 0) is 49.7 Å². The minimum absolute atomic E-state index is 0.00394. The number of primary amides is 1. The van der Waals surface area contributed by atoms with Gasteiger partial charge < -0.3 is 11.1 Å². The number of nitrogens with zero attached hydrogens (tertiary/aromatic N) is 1. The summed E-state index contributed by atoms with van der Waals surface area (Å²) in [6.45, 7) is 2.75. The molecule has 0 saturated carbocycles. The Kier molecular flexibility index (Phi) is 5.46. The van der Waals surface area contributed by atoms with Crippen molar-refractivity contribution in [3.63, 3.8) is 0 Å². The van der Waals surface area contributed by atoms with Gasteiger partial charge in [0.2, 0.25) is 11.8 Å². The van der Waals surface area contributed by atoms with E-state index >= 15 is 0 Å². The van der Waals surface area contributed by atoms with Crippen LogP contribution in [0.5, 0.6) is 0 Å². The second kappa shape index (κ2) is 7.94. The molecule has 0 unspecified atom stereocenters. The lowest BCUT2D eigenvalue weighted by atomic mass is 9.95. The number of carbonyl (C=O) groups excluding carboxylic acids is 2. The lowest BCUT2D eigenvalue weighted by Gasteiger charge is -2.31. The van der Waals surface area contributed by atoms with Crippen LogP contribution >= 0.6 is 0 Å². The van der Waals surface area contributed by atoms with Gasteiger partial charge in [0.15, 0.2) is 0 Å². The van der Waals surface area contributed by atoms with Crippen molar-refractivity contribution in [2.75, 3.05) is 18.4 Å². The number of carbonyl (C=O) groups is 2. The molecule has 25 heavy (non-hydrogen) atoms. The highest BCUT2D eigenvalue weighted by Gasteiger charge is 2.25. The largest absolute Gasteiger partial charge is 0.366 e. The normalized spacial score (nSPS) is 15.7. The van der Waals surface area contributed by atoms with Crippen LogP contribution in [-0.2, 0) is 11.3 Å². The monoisotopic (exact) mass is 337 g/mol. The lowest BCUT2D eigenvalue weighted by Crippen LogP contribution is -2.37. The van der Waals surface area contributed by atoms with E-state index in [0.717, 1.165) is 32.5 Å². The molecule has 1 aliphatic rings. The number of amides is 2. The third-order valence-corrected chi connectivity index (χ3v) is 4.62. The maximum Gasteiger partial charge on any atom is 0.248 e. The average Bonchev–Trinajstić information content (AvgIpc) is 2.63. The Morgan fingerprint density at radius 1 is 1.04 bits per heavy atom. The molecule has 3 N–H and O–H groups in total. The summed E-state index contributed by atoms with van der Waals surface area (Å²) in [5.41, 5.74) is 7.59. The average molecular weight is 337 g/mol. The van der Waals surface area contributed by atoms with Crippen LogP contribution in [0, 0.1) is 5.92 Å². The zero-order valence-corrected chi connectivity index (χ0v) is 14.2. The molecule has 0 atom stereocenters. The van der Waals surface area contributed by atoms with Crippen LogP contribution < -0.4 is 11.1 Å². The van der Waals surface area contributed by atoms with Crippen LogP contribution in [0.4, 0.5) is 5.69 Å². The van der Waals surface area contributed by atoms with Crippen molar-refractivity contribution in [2.45, 2.75) is 19.4 Å². The molecule has 130 valence electrons. The summed E-state index contributed by atoms with van der Waals surface area (Å²) in [6, 6.07) is 17.1. The molecule has 1 fully saturated rings. The number of likely N-dealkylation sites (tertiary alicyclic amines) is 1. The van der Waals surface area contributed by atoms with Gasteiger partial charge in [0.1, 0.15) is 0 Å². The molecule has 0 aromatic heterocycles. The predicted molar refractivity (Wildman–Crippen MR) is 98.0 cm³/mol. The van der Waals surface area contributed by atoms with Gasteiger partial charge in [0.25, 0.3) is 0 Å². The van der Waals surface area contributed by atoms with E-state index in [1.165, 1.54) is 5.56 Å². The number of piperidine rings is 1. The topological polar surface area (TPSA) is 75.4 Å². The van der Waals surface area contributed by atoms with Crippen LogP contribution in [0.1, 0.15) is 28.8 Å². The maximum atomic E-state index is 12.5. The quantitative estimate of drug-likeness (QED) is 0.881. The van der Waals surface area contributed by atoms with E-state index in [0.29, 0.717) is 11.3 Å². The summed E-state index contributed by atoms with van der Waals surface area (Å²) in [4.78, 5) is 26.1. The van der Waals surface area contributed by atoms with E-state index in [1.54, 1.807) is 24.3 Å². The Morgan fingerprint density at radius 3 is 2.44 bits per heavy atom. The lowest BCUT2D eigenvalue weighted by molar-refractivity contribution is -0.121. The number of anilines is 1. The third-order valence-electron chi connectivity index (χ3n) is 4.62. The Morgan fingerprint density at radius 2 is 1.76 bits per heavy atom. The minimum atomic E-state index is -0.495. The van der Waals surface area contributed by atoms with Crippen LogP contribution in [-0.4, -0.2) is 29.8 Å². The van der Waals surface area contributed by atoms with Gasteiger partial charge in [-0.15, -0.1) is 0 Å². The van der Waals surface area contributed by atoms with E-state index in [9.17, 15) is 9.59 Å². The Bertz CT molecular complexity index is 738. The zero-order valence-electron chi connectivity index (χ0n) is 14.2. The van der Waals surface area contributed by atoms with E-state index in [2.05, 4.69) is 34.5 Å². The van der Waals surface area contributed by atoms with Crippen LogP contribution in [0.3, 0.4) is 0 Å².